The maximum Gasteiger partial charge on any atom is 0.320 e. The lowest BCUT2D eigenvalue weighted by molar-refractivity contribution is -0.158. The Hall–Kier alpha value is -4.44. The number of thiazole rings is 1. The molecule has 4 rings (SSSR count). The van der Waals surface area contributed by atoms with Gasteiger partial charge >= 0.3 is 16.8 Å². The Bertz CT molecular complexity index is 1520. The van der Waals surface area contributed by atoms with Gasteiger partial charge in [-0.2, -0.15) is 0 Å². The fraction of sp³-hybridized carbons (Fsp3) is 0.241. The topological polar surface area (TPSA) is 110 Å². The van der Waals surface area contributed by atoms with Crippen LogP contribution in [0.2, 0.25) is 0 Å². The van der Waals surface area contributed by atoms with Crippen LogP contribution in [0, 0.1) is 5.92 Å². The number of aromatic nitrogens is 1. The largest absolute Gasteiger partial charge is 0.497 e. The number of carbonyl (C=O) groups excluding carboxylic acids is 3. The minimum Gasteiger partial charge on any atom is -0.497 e. The molecule has 0 aliphatic heterocycles. The number of nitrogens with zero attached hydrogens (tertiary/aromatic N) is 1. The Morgan fingerprint density at radius 3 is 2.05 bits per heavy atom. The van der Waals surface area contributed by atoms with Crippen molar-refractivity contribution in [1.29, 1.82) is 0 Å². The molecule has 0 aliphatic rings. The molecule has 0 unspecified atom stereocenters. The van der Waals surface area contributed by atoms with Crippen LogP contribution in [0.4, 0.5) is 0 Å². The smallest absolute Gasteiger partial charge is 0.320 e. The summed E-state index contributed by atoms with van der Waals surface area (Å²) in [5.41, 5.74) is 2.50. The van der Waals surface area contributed by atoms with Crippen LogP contribution in [-0.4, -0.2) is 50.2 Å². The van der Waals surface area contributed by atoms with Crippen LogP contribution in [0.3, 0.4) is 0 Å². The second-order valence-corrected chi connectivity index (χ2v) is 9.55. The lowest BCUT2D eigenvalue weighted by Crippen LogP contribution is -2.28. The molecule has 1 aromatic heterocycles. The zero-order valence-electron chi connectivity index (χ0n) is 21.7. The molecule has 0 saturated carbocycles. The van der Waals surface area contributed by atoms with E-state index in [1.165, 1.54) is 14.2 Å². The number of ketones is 1. The van der Waals surface area contributed by atoms with E-state index in [9.17, 15) is 19.2 Å². The summed E-state index contributed by atoms with van der Waals surface area (Å²) in [6.45, 7) is 0.559. The molecule has 1 heterocycles. The van der Waals surface area contributed by atoms with Crippen LogP contribution in [0.5, 0.6) is 11.5 Å². The monoisotopic (exact) mass is 549 g/mol. The summed E-state index contributed by atoms with van der Waals surface area (Å²) in [5.74, 6) is -1.26. The van der Waals surface area contributed by atoms with E-state index in [1.807, 2.05) is 0 Å². The van der Waals surface area contributed by atoms with Gasteiger partial charge in [0.1, 0.15) is 18.1 Å². The number of benzene rings is 3. The minimum absolute atomic E-state index is 0.136. The van der Waals surface area contributed by atoms with Crippen molar-refractivity contribution in [3.63, 3.8) is 0 Å². The fourth-order valence-electron chi connectivity index (χ4n) is 4.09. The first kappa shape index (κ1) is 27.6. The van der Waals surface area contributed by atoms with E-state index >= 15 is 0 Å². The molecular weight excluding hydrogens is 522 g/mol. The molecule has 9 nitrogen and oxygen atoms in total. The van der Waals surface area contributed by atoms with Crippen molar-refractivity contribution >= 4 is 39.3 Å². The van der Waals surface area contributed by atoms with Crippen LogP contribution in [0.15, 0.2) is 71.5 Å². The van der Waals surface area contributed by atoms with Crippen LogP contribution in [-0.2, 0) is 32.0 Å². The molecule has 0 aliphatic carbocycles. The Labute approximate surface area is 228 Å². The predicted molar refractivity (Wildman–Crippen MR) is 146 cm³/mol. The van der Waals surface area contributed by atoms with E-state index < -0.39 is 17.9 Å². The Balaban J connectivity index is 1.40. The Morgan fingerprint density at radius 1 is 0.821 bits per heavy atom. The van der Waals surface area contributed by atoms with Gasteiger partial charge in [0.25, 0.3) is 0 Å². The molecule has 0 amide bonds. The highest BCUT2D eigenvalue weighted by Gasteiger charge is 2.28. The average molecular weight is 550 g/mol. The van der Waals surface area contributed by atoms with Crippen molar-refractivity contribution in [3.05, 3.63) is 93.1 Å². The van der Waals surface area contributed by atoms with Gasteiger partial charge in [-0.15, -0.1) is 0 Å². The van der Waals surface area contributed by atoms with Crippen molar-refractivity contribution < 1.29 is 33.3 Å². The summed E-state index contributed by atoms with van der Waals surface area (Å²) in [6.07, 6.45) is 0.138. The molecule has 39 heavy (non-hydrogen) atoms. The van der Waals surface area contributed by atoms with Gasteiger partial charge in [0.2, 0.25) is 0 Å². The third kappa shape index (κ3) is 6.35. The summed E-state index contributed by atoms with van der Waals surface area (Å²) in [5, 5.41) is 0. The standard InChI is InChI=1S/C29H27NO8S/c1-35-21-11-6-19(7-12-21)26(31)20-8-13-24-25(17-20)39-29(34)30(24)14-15-38-22-9-4-18(5-10-22)16-23(27(32)36-2)28(33)37-3/h4-13,17,23H,14-16H2,1-3H3. The zero-order chi connectivity index (χ0) is 27.9. The summed E-state index contributed by atoms with van der Waals surface area (Å²) in [6, 6.07) is 19.1. The van der Waals surface area contributed by atoms with Gasteiger partial charge in [-0.1, -0.05) is 23.5 Å². The molecule has 10 heteroatoms. The highest BCUT2D eigenvalue weighted by atomic mass is 32.1. The lowest BCUT2D eigenvalue weighted by atomic mass is 9.99. The number of hydrogen-bond donors (Lipinski definition) is 0. The molecule has 3 aromatic carbocycles. The number of carbonyl (C=O) groups is 3. The fourth-order valence-corrected chi connectivity index (χ4v) is 5.04. The number of esters is 2. The van der Waals surface area contributed by atoms with E-state index in [-0.39, 0.29) is 23.7 Å². The van der Waals surface area contributed by atoms with Gasteiger partial charge in [-0.25, -0.2) is 0 Å². The maximum absolute atomic E-state index is 12.9. The first-order valence-electron chi connectivity index (χ1n) is 12.0. The summed E-state index contributed by atoms with van der Waals surface area (Å²) in [7, 11) is 4.01. The number of hydrogen-bond acceptors (Lipinski definition) is 9. The Kier molecular flexibility index (Phi) is 8.77. The van der Waals surface area contributed by atoms with E-state index in [1.54, 1.807) is 78.4 Å². The molecule has 4 aromatic rings. The summed E-state index contributed by atoms with van der Waals surface area (Å²) >= 11 is 1.08. The summed E-state index contributed by atoms with van der Waals surface area (Å²) < 4.78 is 22.7. The second-order valence-electron chi connectivity index (χ2n) is 8.56. The van der Waals surface area contributed by atoms with Gasteiger partial charge in [-0.3, -0.25) is 23.7 Å². The van der Waals surface area contributed by atoms with Crippen molar-refractivity contribution in [1.82, 2.24) is 4.57 Å². The van der Waals surface area contributed by atoms with Crippen LogP contribution >= 0.6 is 11.3 Å². The predicted octanol–water partition coefficient (Wildman–Crippen LogP) is 3.89. The number of fused-ring (bicyclic) bond motifs is 1. The molecule has 0 radical (unpaired) electrons. The first-order valence-corrected chi connectivity index (χ1v) is 12.9. The molecule has 0 N–H and O–H groups in total. The van der Waals surface area contributed by atoms with Gasteiger partial charge < -0.3 is 18.9 Å². The van der Waals surface area contributed by atoms with E-state index in [2.05, 4.69) is 0 Å². The SMILES string of the molecule is COC(=O)C(Cc1ccc(OCCn2c(=O)sc3cc(C(=O)c4ccc(OC)cc4)ccc32)cc1)C(=O)OC. The molecule has 0 saturated heterocycles. The van der Waals surface area contributed by atoms with E-state index in [0.717, 1.165) is 27.1 Å². The molecule has 0 fully saturated rings. The van der Waals surface area contributed by atoms with Crippen LogP contribution in [0.1, 0.15) is 21.5 Å². The van der Waals surface area contributed by atoms with Gasteiger partial charge in [0.15, 0.2) is 11.7 Å². The first-order chi connectivity index (χ1) is 18.8. The highest BCUT2D eigenvalue weighted by molar-refractivity contribution is 7.16. The molecule has 0 atom stereocenters. The quantitative estimate of drug-likeness (QED) is 0.158. The molecule has 202 valence electrons. The number of rotatable bonds is 11. The van der Waals surface area contributed by atoms with Gasteiger partial charge in [0.05, 0.1) is 38.1 Å². The summed E-state index contributed by atoms with van der Waals surface area (Å²) in [4.78, 5) is 49.2. The van der Waals surface area contributed by atoms with Crippen molar-refractivity contribution in [2.45, 2.75) is 13.0 Å². The van der Waals surface area contributed by atoms with Crippen molar-refractivity contribution in [2.24, 2.45) is 5.92 Å². The normalized spacial score (nSPS) is 10.9. The lowest BCUT2D eigenvalue weighted by Gasteiger charge is -2.13. The Morgan fingerprint density at radius 2 is 1.44 bits per heavy atom. The third-order valence-electron chi connectivity index (χ3n) is 6.20. The average Bonchev–Trinajstić information content (AvgIpc) is 3.29. The number of ether oxygens (including phenoxy) is 4. The molecular formula is C29H27NO8S. The van der Waals surface area contributed by atoms with E-state index in [4.69, 9.17) is 18.9 Å². The maximum atomic E-state index is 12.9. The van der Waals surface area contributed by atoms with Crippen molar-refractivity contribution in [2.75, 3.05) is 27.9 Å². The van der Waals surface area contributed by atoms with Crippen LogP contribution in [0.25, 0.3) is 10.2 Å². The molecule has 0 bridgehead atoms. The second kappa shape index (κ2) is 12.4. The highest BCUT2D eigenvalue weighted by Crippen LogP contribution is 2.23. The molecule has 0 spiro atoms. The van der Waals surface area contributed by atoms with Gasteiger partial charge in [-0.05, 0) is 66.6 Å². The van der Waals surface area contributed by atoms with Crippen molar-refractivity contribution in [3.8, 4) is 11.5 Å². The van der Waals surface area contributed by atoms with E-state index in [0.29, 0.717) is 29.2 Å². The van der Waals surface area contributed by atoms with Gasteiger partial charge in [0, 0.05) is 11.1 Å². The minimum atomic E-state index is -1.04. The number of methoxy groups -OCH3 is 3. The zero-order valence-corrected chi connectivity index (χ0v) is 22.5. The third-order valence-corrected chi connectivity index (χ3v) is 7.14. The van der Waals surface area contributed by atoms with Crippen LogP contribution < -0.4 is 14.3 Å².